The van der Waals surface area contributed by atoms with Gasteiger partial charge >= 0.3 is 0 Å². The number of nitrogens with one attached hydrogen (secondary N) is 1. The standard InChI is InChI=1S/C14H25NO/c1-10(15-2)4-13-5-11-3-12(6-13)8-14(16,7-11)9-13/h10-12,15-16H,3-9H2,1-2H3/t10-,11+,12+,13?,14?/m0/s1. The third kappa shape index (κ3) is 1.70. The maximum Gasteiger partial charge on any atom is 0.0658 e. The summed E-state index contributed by atoms with van der Waals surface area (Å²) in [6.45, 7) is 2.28. The van der Waals surface area contributed by atoms with Gasteiger partial charge in [-0.1, -0.05) is 0 Å². The topological polar surface area (TPSA) is 32.3 Å². The third-order valence-electron chi connectivity index (χ3n) is 5.38. The molecule has 0 aromatic rings. The maximum absolute atomic E-state index is 10.6. The number of hydrogen-bond acceptors (Lipinski definition) is 2. The molecule has 16 heavy (non-hydrogen) atoms. The molecule has 0 aromatic heterocycles. The largest absolute Gasteiger partial charge is 0.390 e. The van der Waals surface area contributed by atoms with E-state index < -0.39 is 0 Å². The maximum atomic E-state index is 10.6. The van der Waals surface area contributed by atoms with Crippen molar-refractivity contribution in [2.75, 3.05) is 7.05 Å². The molecule has 0 saturated heterocycles. The molecule has 3 atom stereocenters. The zero-order valence-corrected chi connectivity index (χ0v) is 10.6. The predicted molar refractivity (Wildman–Crippen MR) is 65.2 cm³/mol. The third-order valence-corrected chi connectivity index (χ3v) is 5.38. The molecule has 0 amide bonds. The first kappa shape index (κ1) is 11.0. The molecule has 4 aliphatic rings. The van der Waals surface area contributed by atoms with Gasteiger partial charge in [-0.3, -0.25) is 0 Å². The minimum atomic E-state index is -0.280. The SMILES string of the molecule is CN[C@@H](C)CC12C[C@H]3C[C@@H](CC(O)(C3)C1)C2. The summed E-state index contributed by atoms with van der Waals surface area (Å²) >= 11 is 0. The highest BCUT2D eigenvalue weighted by Crippen LogP contribution is 2.63. The normalized spacial score (nSPS) is 51.9. The Bertz CT molecular complexity index is 274. The van der Waals surface area contributed by atoms with Crippen LogP contribution in [0.2, 0.25) is 0 Å². The summed E-state index contributed by atoms with van der Waals surface area (Å²) in [6, 6.07) is 0.597. The summed E-state index contributed by atoms with van der Waals surface area (Å²) in [7, 11) is 2.06. The summed E-state index contributed by atoms with van der Waals surface area (Å²) in [5.74, 6) is 1.66. The molecular weight excluding hydrogens is 198 g/mol. The van der Waals surface area contributed by atoms with Crippen LogP contribution in [0.25, 0.3) is 0 Å². The van der Waals surface area contributed by atoms with E-state index in [1.165, 1.54) is 25.7 Å². The fourth-order valence-corrected chi connectivity index (χ4v) is 5.39. The van der Waals surface area contributed by atoms with Crippen molar-refractivity contribution in [3.8, 4) is 0 Å². The van der Waals surface area contributed by atoms with Crippen molar-refractivity contribution < 1.29 is 5.11 Å². The summed E-state index contributed by atoms with van der Waals surface area (Å²) in [5.41, 5.74) is 0.193. The first-order valence-electron chi connectivity index (χ1n) is 6.92. The second kappa shape index (κ2) is 3.46. The minimum Gasteiger partial charge on any atom is -0.390 e. The fraction of sp³-hybridized carbons (Fsp3) is 1.00. The molecule has 4 rings (SSSR count). The minimum absolute atomic E-state index is 0.280. The van der Waals surface area contributed by atoms with Crippen molar-refractivity contribution in [2.45, 2.75) is 63.5 Å². The van der Waals surface area contributed by atoms with Gasteiger partial charge in [-0.15, -0.1) is 0 Å². The van der Waals surface area contributed by atoms with E-state index in [0.717, 1.165) is 31.1 Å². The predicted octanol–water partition coefficient (Wildman–Crippen LogP) is 2.32. The summed E-state index contributed by atoms with van der Waals surface area (Å²) < 4.78 is 0. The molecule has 0 spiro atoms. The number of aliphatic hydroxyl groups is 1. The van der Waals surface area contributed by atoms with E-state index in [-0.39, 0.29) is 5.60 Å². The van der Waals surface area contributed by atoms with E-state index in [9.17, 15) is 5.11 Å². The summed E-state index contributed by atoms with van der Waals surface area (Å²) in [6.07, 6.45) is 8.71. The van der Waals surface area contributed by atoms with Crippen LogP contribution in [0.3, 0.4) is 0 Å². The Morgan fingerprint density at radius 1 is 1.25 bits per heavy atom. The molecule has 0 unspecified atom stereocenters. The molecule has 4 bridgehead atoms. The van der Waals surface area contributed by atoms with Crippen molar-refractivity contribution in [3.05, 3.63) is 0 Å². The lowest BCUT2D eigenvalue weighted by Gasteiger charge is -2.61. The zero-order valence-electron chi connectivity index (χ0n) is 10.6. The van der Waals surface area contributed by atoms with Gasteiger partial charge < -0.3 is 10.4 Å². The van der Waals surface area contributed by atoms with Gasteiger partial charge in [0, 0.05) is 6.04 Å². The van der Waals surface area contributed by atoms with Gasteiger partial charge in [0.1, 0.15) is 0 Å². The average molecular weight is 223 g/mol. The van der Waals surface area contributed by atoms with E-state index >= 15 is 0 Å². The van der Waals surface area contributed by atoms with Gasteiger partial charge in [-0.25, -0.2) is 0 Å². The number of hydrogen-bond donors (Lipinski definition) is 2. The van der Waals surface area contributed by atoms with Crippen molar-refractivity contribution in [2.24, 2.45) is 17.3 Å². The smallest absolute Gasteiger partial charge is 0.0658 e. The van der Waals surface area contributed by atoms with Crippen molar-refractivity contribution in [1.82, 2.24) is 5.32 Å². The Morgan fingerprint density at radius 3 is 2.38 bits per heavy atom. The Morgan fingerprint density at radius 2 is 1.88 bits per heavy atom. The highest BCUT2D eigenvalue weighted by atomic mass is 16.3. The first-order chi connectivity index (χ1) is 7.53. The van der Waals surface area contributed by atoms with E-state index in [1.807, 2.05) is 0 Å². The van der Waals surface area contributed by atoms with E-state index in [4.69, 9.17) is 0 Å². The molecule has 0 aliphatic heterocycles. The summed E-state index contributed by atoms with van der Waals surface area (Å²) in [5, 5.41) is 14.0. The molecule has 0 aromatic carbocycles. The fourth-order valence-electron chi connectivity index (χ4n) is 5.39. The van der Waals surface area contributed by atoms with Gasteiger partial charge in [0.2, 0.25) is 0 Å². The van der Waals surface area contributed by atoms with Gasteiger partial charge in [0.05, 0.1) is 5.60 Å². The summed E-state index contributed by atoms with van der Waals surface area (Å²) in [4.78, 5) is 0. The van der Waals surface area contributed by atoms with Crippen LogP contribution in [0.4, 0.5) is 0 Å². The molecule has 4 saturated carbocycles. The number of rotatable bonds is 3. The molecule has 0 heterocycles. The van der Waals surface area contributed by atoms with E-state index in [1.54, 1.807) is 0 Å². The quantitative estimate of drug-likeness (QED) is 0.769. The molecule has 4 fully saturated rings. The van der Waals surface area contributed by atoms with Crippen LogP contribution in [-0.2, 0) is 0 Å². The molecule has 2 heteroatoms. The second-order valence-corrected chi connectivity index (χ2v) is 7.08. The molecule has 92 valence electrons. The van der Waals surface area contributed by atoms with Gasteiger partial charge in [0.25, 0.3) is 0 Å². The Balaban J connectivity index is 1.81. The van der Waals surface area contributed by atoms with Crippen LogP contribution in [0.15, 0.2) is 0 Å². The molecule has 2 nitrogen and oxygen atoms in total. The average Bonchev–Trinajstić information content (AvgIpc) is 2.12. The lowest BCUT2D eigenvalue weighted by Crippen LogP contribution is -2.56. The zero-order chi connectivity index (χ0) is 11.4. The highest BCUT2D eigenvalue weighted by Gasteiger charge is 2.56. The first-order valence-corrected chi connectivity index (χ1v) is 6.92. The molecule has 0 radical (unpaired) electrons. The highest BCUT2D eigenvalue weighted by molar-refractivity contribution is 5.08. The Kier molecular flexibility index (Phi) is 2.38. The lowest BCUT2D eigenvalue weighted by molar-refractivity contribution is -0.167. The van der Waals surface area contributed by atoms with Crippen LogP contribution in [0.5, 0.6) is 0 Å². The monoisotopic (exact) mass is 223 g/mol. The molecular formula is C14H25NO. The Hall–Kier alpha value is -0.0800. The van der Waals surface area contributed by atoms with Gasteiger partial charge in [-0.05, 0) is 76.2 Å². The van der Waals surface area contributed by atoms with Crippen molar-refractivity contribution >= 4 is 0 Å². The van der Waals surface area contributed by atoms with Crippen LogP contribution >= 0.6 is 0 Å². The van der Waals surface area contributed by atoms with Crippen LogP contribution in [0, 0.1) is 17.3 Å². The van der Waals surface area contributed by atoms with E-state index in [2.05, 4.69) is 19.3 Å². The van der Waals surface area contributed by atoms with Crippen LogP contribution in [0.1, 0.15) is 51.9 Å². The van der Waals surface area contributed by atoms with Crippen molar-refractivity contribution in [1.29, 1.82) is 0 Å². The van der Waals surface area contributed by atoms with E-state index in [0.29, 0.717) is 11.5 Å². The van der Waals surface area contributed by atoms with Crippen molar-refractivity contribution in [3.63, 3.8) is 0 Å². The second-order valence-electron chi connectivity index (χ2n) is 7.08. The molecule has 4 aliphatic carbocycles. The lowest BCUT2D eigenvalue weighted by atomic mass is 9.47. The Labute approximate surface area is 98.8 Å². The van der Waals surface area contributed by atoms with Gasteiger partial charge in [0.15, 0.2) is 0 Å². The van der Waals surface area contributed by atoms with Gasteiger partial charge in [-0.2, -0.15) is 0 Å². The van der Waals surface area contributed by atoms with Crippen LogP contribution < -0.4 is 5.32 Å². The van der Waals surface area contributed by atoms with Crippen LogP contribution in [-0.4, -0.2) is 23.8 Å². The molecule has 2 N–H and O–H groups in total.